The van der Waals surface area contributed by atoms with Crippen molar-refractivity contribution in [3.63, 3.8) is 0 Å². The highest BCUT2D eigenvalue weighted by Gasteiger charge is 2.36. The highest BCUT2D eigenvalue weighted by molar-refractivity contribution is 6.30. The fourth-order valence-corrected chi connectivity index (χ4v) is 3.52. The Bertz CT molecular complexity index is 441. The fraction of sp³-hybridized carbons (Fsp3) is 0.647. The minimum Gasteiger partial charge on any atom is -0.313 e. The van der Waals surface area contributed by atoms with E-state index >= 15 is 0 Å². The molecule has 1 atom stereocenters. The van der Waals surface area contributed by atoms with Crippen molar-refractivity contribution in [2.45, 2.75) is 58.4 Å². The summed E-state index contributed by atoms with van der Waals surface area (Å²) in [6.45, 7) is 5.61. The van der Waals surface area contributed by atoms with Gasteiger partial charge in [0, 0.05) is 6.04 Å². The molecule has 1 aliphatic rings. The maximum Gasteiger partial charge on any atom is 0.141 e. The number of benzene rings is 1. The summed E-state index contributed by atoms with van der Waals surface area (Å²) >= 11 is 5.90. The number of hydrogen-bond acceptors (Lipinski definition) is 1. The van der Waals surface area contributed by atoms with Crippen LogP contribution < -0.4 is 5.32 Å². The van der Waals surface area contributed by atoms with Crippen LogP contribution in [0.1, 0.15) is 51.5 Å². The highest BCUT2D eigenvalue weighted by atomic mass is 35.5. The zero-order chi connectivity index (χ0) is 14.6. The largest absolute Gasteiger partial charge is 0.313 e. The van der Waals surface area contributed by atoms with Crippen LogP contribution in [-0.4, -0.2) is 12.6 Å². The van der Waals surface area contributed by atoms with Crippen molar-refractivity contribution in [3.8, 4) is 0 Å². The lowest BCUT2D eigenvalue weighted by Crippen LogP contribution is -2.44. The molecule has 0 bridgehead atoms. The van der Waals surface area contributed by atoms with E-state index in [0.717, 1.165) is 24.9 Å². The summed E-state index contributed by atoms with van der Waals surface area (Å²) in [5.74, 6) is -0.333. The second-order valence-corrected chi connectivity index (χ2v) is 6.73. The van der Waals surface area contributed by atoms with Crippen LogP contribution in [0.15, 0.2) is 18.2 Å². The maximum absolute atomic E-state index is 13.3. The molecule has 20 heavy (non-hydrogen) atoms. The summed E-state index contributed by atoms with van der Waals surface area (Å²) < 4.78 is 13.3. The fourth-order valence-electron chi connectivity index (χ4n) is 3.32. The molecule has 2 rings (SSSR count). The summed E-state index contributed by atoms with van der Waals surface area (Å²) in [6.07, 6.45) is 7.27. The van der Waals surface area contributed by atoms with Gasteiger partial charge in [0.05, 0.1) is 5.02 Å². The first-order valence-corrected chi connectivity index (χ1v) is 8.10. The van der Waals surface area contributed by atoms with Crippen LogP contribution >= 0.6 is 11.6 Å². The lowest BCUT2D eigenvalue weighted by molar-refractivity contribution is 0.219. The van der Waals surface area contributed by atoms with Gasteiger partial charge in [-0.3, -0.25) is 0 Å². The van der Waals surface area contributed by atoms with Crippen LogP contribution in [0.25, 0.3) is 0 Å². The predicted molar refractivity (Wildman–Crippen MR) is 83.8 cm³/mol. The van der Waals surface area contributed by atoms with Gasteiger partial charge in [-0.2, -0.15) is 0 Å². The molecule has 3 heteroatoms. The second kappa shape index (κ2) is 6.91. The van der Waals surface area contributed by atoms with Crippen LogP contribution in [0.2, 0.25) is 5.02 Å². The molecule has 1 aliphatic carbocycles. The number of nitrogens with one attached hydrogen (secondary N) is 1. The van der Waals surface area contributed by atoms with E-state index in [9.17, 15) is 4.39 Å². The molecule has 1 nitrogen and oxygen atoms in total. The van der Waals surface area contributed by atoms with Gasteiger partial charge in [-0.25, -0.2) is 4.39 Å². The third-order valence-electron chi connectivity index (χ3n) is 4.65. The van der Waals surface area contributed by atoms with E-state index in [0.29, 0.717) is 11.5 Å². The van der Waals surface area contributed by atoms with Crippen molar-refractivity contribution in [3.05, 3.63) is 34.6 Å². The molecule has 0 saturated heterocycles. The van der Waals surface area contributed by atoms with Gasteiger partial charge in [-0.15, -0.1) is 0 Å². The Morgan fingerprint density at radius 2 is 2.05 bits per heavy atom. The highest BCUT2D eigenvalue weighted by Crippen LogP contribution is 2.41. The minimum absolute atomic E-state index is 0.230. The molecule has 1 aromatic rings. The van der Waals surface area contributed by atoms with Crippen LogP contribution in [-0.2, 0) is 6.42 Å². The lowest BCUT2D eigenvalue weighted by atomic mass is 9.77. The first-order valence-electron chi connectivity index (χ1n) is 7.72. The Labute approximate surface area is 126 Å². The van der Waals surface area contributed by atoms with Crippen molar-refractivity contribution in [1.82, 2.24) is 5.32 Å². The maximum atomic E-state index is 13.3. The van der Waals surface area contributed by atoms with Crippen molar-refractivity contribution >= 4 is 11.6 Å². The molecule has 0 spiro atoms. The van der Waals surface area contributed by atoms with Gasteiger partial charge in [0.1, 0.15) is 5.82 Å². The quantitative estimate of drug-likeness (QED) is 0.781. The lowest BCUT2D eigenvalue weighted by Gasteiger charge is -2.35. The second-order valence-electron chi connectivity index (χ2n) is 6.32. The topological polar surface area (TPSA) is 12.0 Å². The van der Waals surface area contributed by atoms with E-state index in [2.05, 4.69) is 19.2 Å². The number of rotatable bonds is 6. The molecule has 1 N–H and O–H groups in total. The van der Waals surface area contributed by atoms with E-state index in [1.165, 1.54) is 31.7 Å². The zero-order valence-corrected chi connectivity index (χ0v) is 13.3. The van der Waals surface area contributed by atoms with E-state index in [1.54, 1.807) is 6.07 Å². The van der Waals surface area contributed by atoms with E-state index in [4.69, 9.17) is 11.6 Å². The number of hydrogen-bond donors (Lipinski definition) is 1. The Kier molecular flexibility index (Phi) is 5.45. The Morgan fingerprint density at radius 1 is 1.35 bits per heavy atom. The van der Waals surface area contributed by atoms with Gasteiger partial charge in [0.15, 0.2) is 0 Å². The van der Waals surface area contributed by atoms with Crippen LogP contribution in [0.4, 0.5) is 4.39 Å². The SMILES string of the molecule is CCCNC(Cc1ccc(F)c(Cl)c1)C1(C)CCCC1. The first kappa shape index (κ1) is 15.8. The Morgan fingerprint density at radius 3 is 2.65 bits per heavy atom. The standard InChI is InChI=1S/C17H25ClFN/c1-3-10-20-16(17(2)8-4-5-9-17)12-13-6-7-15(19)14(18)11-13/h6-7,11,16,20H,3-5,8-10,12H2,1-2H3. The van der Waals surface area contributed by atoms with Crippen molar-refractivity contribution in [1.29, 1.82) is 0 Å². The van der Waals surface area contributed by atoms with Gasteiger partial charge in [0.2, 0.25) is 0 Å². The first-order chi connectivity index (χ1) is 9.55. The molecule has 1 unspecified atom stereocenters. The van der Waals surface area contributed by atoms with Gasteiger partial charge >= 0.3 is 0 Å². The molecule has 0 radical (unpaired) electrons. The molecule has 0 aliphatic heterocycles. The third-order valence-corrected chi connectivity index (χ3v) is 4.94. The van der Waals surface area contributed by atoms with Gasteiger partial charge in [0.25, 0.3) is 0 Å². The molecular weight excluding hydrogens is 273 g/mol. The molecule has 112 valence electrons. The molecular formula is C17H25ClFN. The van der Waals surface area contributed by atoms with Gasteiger partial charge < -0.3 is 5.32 Å². The van der Waals surface area contributed by atoms with E-state index in [-0.39, 0.29) is 10.8 Å². The van der Waals surface area contributed by atoms with E-state index in [1.807, 2.05) is 6.07 Å². The van der Waals surface area contributed by atoms with Crippen molar-refractivity contribution < 1.29 is 4.39 Å². The van der Waals surface area contributed by atoms with Crippen LogP contribution in [0.3, 0.4) is 0 Å². The number of halogens is 2. The van der Waals surface area contributed by atoms with Crippen molar-refractivity contribution in [2.75, 3.05) is 6.54 Å². The molecule has 1 aromatic carbocycles. The summed E-state index contributed by atoms with van der Waals surface area (Å²) in [5, 5.41) is 3.93. The average Bonchev–Trinajstić information content (AvgIpc) is 2.86. The Balaban J connectivity index is 2.12. The van der Waals surface area contributed by atoms with Crippen LogP contribution in [0.5, 0.6) is 0 Å². The average molecular weight is 298 g/mol. The predicted octanol–water partition coefficient (Wildman–Crippen LogP) is 4.97. The molecule has 1 fully saturated rings. The zero-order valence-electron chi connectivity index (χ0n) is 12.5. The molecule has 0 aromatic heterocycles. The van der Waals surface area contributed by atoms with Gasteiger partial charge in [-0.05, 0) is 55.3 Å². The minimum atomic E-state index is -0.333. The summed E-state index contributed by atoms with van der Waals surface area (Å²) in [4.78, 5) is 0. The Hall–Kier alpha value is -0.600. The molecule has 1 saturated carbocycles. The summed E-state index contributed by atoms with van der Waals surface area (Å²) in [7, 11) is 0. The van der Waals surface area contributed by atoms with Crippen molar-refractivity contribution in [2.24, 2.45) is 5.41 Å². The summed E-state index contributed by atoms with van der Waals surface area (Å²) in [5.41, 5.74) is 1.48. The third kappa shape index (κ3) is 3.73. The molecule has 0 heterocycles. The molecule has 0 amide bonds. The van der Waals surface area contributed by atoms with E-state index < -0.39 is 0 Å². The monoisotopic (exact) mass is 297 g/mol. The summed E-state index contributed by atoms with van der Waals surface area (Å²) in [6, 6.07) is 5.56. The normalized spacial score (nSPS) is 19.2. The van der Waals surface area contributed by atoms with Gasteiger partial charge in [-0.1, -0.05) is 44.4 Å². The smallest absolute Gasteiger partial charge is 0.141 e. The van der Waals surface area contributed by atoms with Crippen LogP contribution in [0, 0.1) is 11.2 Å².